The van der Waals surface area contributed by atoms with Crippen molar-refractivity contribution in [1.82, 2.24) is 9.97 Å². The van der Waals surface area contributed by atoms with Crippen LogP contribution in [0.15, 0.2) is 53.7 Å². The summed E-state index contributed by atoms with van der Waals surface area (Å²) in [6, 6.07) is 10.6. The number of hydrogen-bond donors (Lipinski definition) is 2. The third-order valence-corrected chi connectivity index (χ3v) is 4.99. The Bertz CT molecular complexity index is 1160. The lowest BCUT2D eigenvalue weighted by Gasteiger charge is -2.14. The number of carboxylic acids is 1. The number of aromatic nitrogens is 2. The molecule has 0 saturated heterocycles. The Hall–Kier alpha value is -3.40. The van der Waals surface area contributed by atoms with Gasteiger partial charge in [0.1, 0.15) is 35.7 Å². The first kappa shape index (κ1) is 21.3. The molecule has 2 N–H and O–H groups in total. The summed E-state index contributed by atoms with van der Waals surface area (Å²) >= 11 is 0. The fourth-order valence-electron chi connectivity index (χ4n) is 2.59. The number of hydrogen-bond acceptors (Lipinski definition) is 6. The van der Waals surface area contributed by atoms with Gasteiger partial charge in [-0.25, -0.2) is 22.6 Å². The highest BCUT2D eigenvalue weighted by Crippen LogP contribution is 2.32. The minimum absolute atomic E-state index is 0.0106. The molecule has 10 heteroatoms. The summed E-state index contributed by atoms with van der Waals surface area (Å²) in [4.78, 5) is 17.8. The minimum atomic E-state index is -3.44. The summed E-state index contributed by atoms with van der Waals surface area (Å²) in [6.45, 7) is 0.876. The number of halogens is 1. The van der Waals surface area contributed by atoms with Crippen molar-refractivity contribution in [3.63, 3.8) is 0 Å². The Kier molecular flexibility index (Phi) is 6.06. The molecule has 3 rings (SSSR count). The van der Waals surface area contributed by atoms with Crippen molar-refractivity contribution in [2.24, 2.45) is 0 Å². The van der Waals surface area contributed by atoms with Gasteiger partial charge in [0.05, 0.1) is 6.20 Å². The molecule has 0 aliphatic heterocycles. The molecule has 0 unspecified atom stereocenters. The molecular weight excluding hydrogens is 415 g/mol. The number of aromatic amines is 1. The molecule has 0 saturated carbocycles. The second kappa shape index (κ2) is 8.54. The van der Waals surface area contributed by atoms with Crippen LogP contribution < -0.4 is 9.47 Å². The fraction of sp³-hybridized carbons (Fsp3) is 0.200. The van der Waals surface area contributed by atoms with E-state index in [2.05, 4.69) is 9.97 Å². The second-order valence-corrected chi connectivity index (χ2v) is 8.54. The number of rotatable bonds is 8. The van der Waals surface area contributed by atoms with Crippen LogP contribution in [0.2, 0.25) is 0 Å². The average molecular weight is 434 g/mol. The van der Waals surface area contributed by atoms with Crippen molar-refractivity contribution in [2.75, 3.05) is 12.9 Å². The average Bonchev–Trinajstić information content (AvgIpc) is 3.18. The molecule has 2 aromatic heterocycles. The topological polar surface area (TPSA) is 119 Å². The van der Waals surface area contributed by atoms with Crippen molar-refractivity contribution < 1.29 is 32.2 Å². The van der Waals surface area contributed by atoms with Crippen molar-refractivity contribution in [1.29, 1.82) is 0 Å². The van der Waals surface area contributed by atoms with Gasteiger partial charge in [-0.2, -0.15) is 0 Å². The number of nitrogens with zero attached hydrogens (tertiary/aromatic N) is 1. The van der Waals surface area contributed by atoms with E-state index in [1.54, 1.807) is 31.2 Å². The molecule has 0 aliphatic carbocycles. The normalized spacial score (nSPS) is 12.4. The quantitative estimate of drug-likeness (QED) is 0.555. The number of carbonyl (C=O) groups is 1. The highest BCUT2D eigenvalue weighted by atomic mass is 32.2. The van der Waals surface area contributed by atoms with E-state index in [0.717, 1.165) is 6.26 Å². The van der Waals surface area contributed by atoms with Crippen LogP contribution in [-0.2, 0) is 9.84 Å². The molecule has 8 nitrogen and oxygen atoms in total. The summed E-state index contributed by atoms with van der Waals surface area (Å²) < 4.78 is 47.3. The number of nitrogens with one attached hydrogen (secondary N) is 1. The summed E-state index contributed by atoms with van der Waals surface area (Å²) in [5.41, 5.74) is 1.07. The summed E-state index contributed by atoms with van der Waals surface area (Å²) in [5, 5.41) is 9.02. The highest BCUT2D eigenvalue weighted by Gasteiger charge is 2.13. The van der Waals surface area contributed by atoms with Crippen molar-refractivity contribution in [3.8, 4) is 28.5 Å². The van der Waals surface area contributed by atoms with Gasteiger partial charge in [-0.1, -0.05) is 0 Å². The predicted molar refractivity (Wildman–Crippen MR) is 107 cm³/mol. The monoisotopic (exact) mass is 434 g/mol. The number of benzene rings is 1. The van der Waals surface area contributed by atoms with E-state index in [-0.39, 0.29) is 16.5 Å². The lowest BCUT2D eigenvalue weighted by Crippen LogP contribution is -2.13. The van der Waals surface area contributed by atoms with Crippen molar-refractivity contribution in [2.45, 2.75) is 18.1 Å². The summed E-state index contributed by atoms with van der Waals surface area (Å²) in [6.07, 6.45) is 1.63. The van der Waals surface area contributed by atoms with Gasteiger partial charge < -0.3 is 19.6 Å². The van der Waals surface area contributed by atoms with Gasteiger partial charge in [-0.05, 0) is 43.3 Å². The third-order valence-electron chi connectivity index (χ3n) is 3.99. The van der Waals surface area contributed by atoms with Crippen LogP contribution in [0.5, 0.6) is 17.2 Å². The smallest absolute Gasteiger partial charge is 0.352 e. The van der Waals surface area contributed by atoms with Gasteiger partial charge in [-0.3, -0.25) is 0 Å². The zero-order chi connectivity index (χ0) is 21.9. The molecule has 1 atom stereocenters. The third kappa shape index (κ3) is 5.15. The molecule has 30 heavy (non-hydrogen) atoms. The van der Waals surface area contributed by atoms with Gasteiger partial charge in [0.25, 0.3) is 0 Å². The van der Waals surface area contributed by atoms with Gasteiger partial charge in [0.2, 0.25) is 0 Å². The van der Waals surface area contributed by atoms with E-state index in [4.69, 9.17) is 14.6 Å². The molecule has 0 bridgehead atoms. The molecule has 0 spiro atoms. The Morgan fingerprint density at radius 1 is 1.17 bits per heavy atom. The fourth-order valence-corrected chi connectivity index (χ4v) is 3.15. The lowest BCUT2D eigenvalue weighted by atomic mass is 10.1. The number of H-pyrrole nitrogens is 1. The summed E-state index contributed by atoms with van der Waals surface area (Å²) in [5.74, 6) is -0.191. The maximum absolute atomic E-state index is 12.9. The number of ether oxygens (including phenoxy) is 2. The van der Waals surface area contributed by atoms with Gasteiger partial charge >= 0.3 is 5.97 Å². The first-order valence-electron chi connectivity index (χ1n) is 8.80. The van der Waals surface area contributed by atoms with Crippen LogP contribution in [0.4, 0.5) is 4.39 Å². The maximum atomic E-state index is 12.9. The zero-order valence-corrected chi connectivity index (χ0v) is 16.9. The first-order chi connectivity index (χ1) is 14.2. The van der Waals surface area contributed by atoms with Crippen LogP contribution in [0.1, 0.15) is 17.4 Å². The van der Waals surface area contributed by atoms with Crippen LogP contribution in [0.3, 0.4) is 0 Å². The molecule has 2 heterocycles. The Morgan fingerprint density at radius 2 is 1.90 bits per heavy atom. The van der Waals surface area contributed by atoms with Crippen LogP contribution in [-0.4, -0.2) is 48.5 Å². The van der Waals surface area contributed by atoms with E-state index in [0.29, 0.717) is 22.8 Å². The molecule has 0 amide bonds. The Balaban J connectivity index is 1.95. The lowest BCUT2D eigenvalue weighted by molar-refractivity contribution is 0.0691. The number of carboxylic acid groups (broad SMARTS) is 1. The number of pyridine rings is 1. The second-order valence-electron chi connectivity index (χ2n) is 6.57. The Labute approximate surface area is 172 Å². The van der Waals surface area contributed by atoms with Crippen LogP contribution in [0.25, 0.3) is 11.3 Å². The first-order valence-corrected chi connectivity index (χ1v) is 10.7. The van der Waals surface area contributed by atoms with Crippen LogP contribution in [0, 0.1) is 0 Å². The minimum Gasteiger partial charge on any atom is -0.488 e. The largest absolute Gasteiger partial charge is 0.488 e. The number of sulfone groups is 1. The predicted octanol–water partition coefficient (Wildman–Crippen LogP) is 3.71. The van der Waals surface area contributed by atoms with E-state index in [1.165, 1.54) is 24.4 Å². The van der Waals surface area contributed by atoms with E-state index >= 15 is 0 Å². The molecule has 3 aromatic rings. The van der Waals surface area contributed by atoms with Crippen molar-refractivity contribution in [3.05, 3.63) is 54.4 Å². The Morgan fingerprint density at radius 3 is 2.47 bits per heavy atom. The highest BCUT2D eigenvalue weighted by molar-refractivity contribution is 7.90. The summed E-state index contributed by atoms with van der Waals surface area (Å²) in [7, 11) is -3.44. The zero-order valence-electron chi connectivity index (χ0n) is 16.1. The number of alkyl halides is 1. The van der Waals surface area contributed by atoms with Gasteiger partial charge in [-0.15, -0.1) is 0 Å². The van der Waals surface area contributed by atoms with Gasteiger partial charge in [0.15, 0.2) is 14.9 Å². The van der Waals surface area contributed by atoms with Crippen molar-refractivity contribution >= 4 is 15.8 Å². The van der Waals surface area contributed by atoms with Gasteiger partial charge in [0, 0.05) is 23.6 Å². The number of aromatic carboxylic acids is 1. The van der Waals surface area contributed by atoms with E-state index in [9.17, 15) is 17.6 Å². The standard InChI is InChI=1S/C20H19FN2O6S/c1-12(10-21)28-15-7-13(17-4-5-18(23-17)20(24)25)8-16(9-15)29-14-3-6-19(22-11-14)30(2,26)27/h3-9,11-12,23H,10H2,1-2H3,(H,24,25)/t12-/m0/s1. The maximum Gasteiger partial charge on any atom is 0.352 e. The van der Waals surface area contributed by atoms with E-state index in [1.807, 2.05) is 0 Å². The van der Waals surface area contributed by atoms with E-state index < -0.39 is 28.6 Å². The molecule has 0 fully saturated rings. The molecule has 0 radical (unpaired) electrons. The molecular formula is C20H19FN2O6S. The SMILES string of the molecule is C[C@@H](CF)Oc1cc(Oc2ccc(S(C)(=O)=O)nc2)cc(-c2ccc(C(=O)O)[nH]2)c1. The van der Waals surface area contributed by atoms with Crippen LogP contribution >= 0.6 is 0 Å². The molecule has 158 valence electrons. The molecule has 1 aromatic carbocycles. The molecule has 0 aliphatic rings.